The number of rotatable bonds is 11. The van der Waals surface area contributed by atoms with Crippen molar-refractivity contribution in [3.63, 3.8) is 0 Å². The standard InChI is InChI=1S/C12H27NS/c1-2-3-4-5-6-7-8-11-14-12-9-10-13/h2-13H2,1H3. The number of hydrogen-bond donors (Lipinski definition) is 1. The number of nitrogens with two attached hydrogens (primary N) is 1. The van der Waals surface area contributed by atoms with Crippen LogP contribution in [-0.4, -0.2) is 18.1 Å². The lowest BCUT2D eigenvalue weighted by molar-refractivity contribution is 0.603. The van der Waals surface area contributed by atoms with E-state index in [1.807, 2.05) is 0 Å². The van der Waals surface area contributed by atoms with Gasteiger partial charge in [0.05, 0.1) is 0 Å². The maximum atomic E-state index is 5.42. The van der Waals surface area contributed by atoms with Gasteiger partial charge in [0.2, 0.25) is 0 Å². The van der Waals surface area contributed by atoms with Gasteiger partial charge >= 0.3 is 0 Å². The van der Waals surface area contributed by atoms with Crippen molar-refractivity contribution in [2.75, 3.05) is 18.1 Å². The lowest BCUT2D eigenvalue weighted by atomic mass is 10.1. The highest BCUT2D eigenvalue weighted by molar-refractivity contribution is 7.99. The molecule has 0 aliphatic carbocycles. The first-order chi connectivity index (χ1) is 6.91. The van der Waals surface area contributed by atoms with E-state index in [1.165, 1.54) is 62.9 Å². The molecule has 0 aliphatic rings. The van der Waals surface area contributed by atoms with Crippen LogP contribution in [0.3, 0.4) is 0 Å². The summed E-state index contributed by atoms with van der Waals surface area (Å²) in [6.07, 6.45) is 11.1. The molecule has 0 saturated heterocycles. The molecule has 0 aromatic rings. The molecule has 0 unspecified atom stereocenters. The van der Waals surface area contributed by atoms with Gasteiger partial charge < -0.3 is 5.73 Å². The van der Waals surface area contributed by atoms with E-state index in [2.05, 4.69) is 18.7 Å². The van der Waals surface area contributed by atoms with Gasteiger partial charge in [-0.2, -0.15) is 11.8 Å². The third-order valence-electron chi connectivity index (χ3n) is 2.39. The molecule has 0 rings (SSSR count). The van der Waals surface area contributed by atoms with Crippen LogP contribution in [-0.2, 0) is 0 Å². The maximum Gasteiger partial charge on any atom is -0.00555 e. The average molecular weight is 217 g/mol. The minimum Gasteiger partial charge on any atom is -0.330 e. The Bertz CT molecular complexity index is 84.3. The molecule has 0 fully saturated rings. The van der Waals surface area contributed by atoms with Gasteiger partial charge in [-0.15, -0.1) is 0 Å². The van der Waals surface area contributed by atoms with E-state index < -0.39 is 0 Å². The van der Waals surface area contributed by atoms with Gasteiger partial charge in [-0.05, 0) is 30.9 Å². The van der Waals surface area contributed by atoms with Crippen LogP contribution in [0.4, 0.5) is 0 Å². The first-order valence-corrected chi connectivity index (χ1v) is 7.35. The summed E-state index contributed by atoms with van der Waals surface area (Å²) in [5, 5.41) is 0. The van der Waals surface area contributed by atoms with Gasteiger partial charge in [0.15, 0.2) is 0 Å². The highest BCUT2D eigenvalue weighted by atomic mass is 32.2. The van der Waals surface area contributed by atoms with Crippen molar-refractivity contribution in [3.05, 3.63) is 0 Å². The molecule has 0 aromatic carbocycles. The Morgan fingerprint density at radius 1 is 0.786 bits per heavy atom. The molecule has 2 N–H and O–H groups in total. The molecule has 0 aliphatic heterocycles. The highest BCUT2D eigenvalue weighted by Crippen LogP contribution is 2.10. The minimum absolute atomic E-state index is 0.851. The second kappa shape index (κ2) is 13.3. The molecule has 0 heterocycles. The number of thioether (sulfide) groups is 1. The van der Waals surface area contributed by atoms with Crippen molar-refractivity contribution in [1.29, 1.82) is 0 Å². The first kappa shape index (κ1) is 14.3. The molecule has 0 aromatic heterocycles. The Morgan fingerprint density at radius 2 is 1.36 bits per heavy atom. The van der Waals surface area contributed by atoms with Gasteiger partial charge in [-0.3, -0.25) is 0 Å². The third-order valence-corrected chi connectivity index (χ3v) is 3.54. The summed E-state index contributed by atoms with van der Waals surface area (Å²) in [5.41, 5.74) is 5.42. The maximum absolute atomic E-state index is 5.42. The minimum atomic E-state index is 0.851. The SMILES string of the molecule is CCCCCCCCCSCCCN. The summed E-state index contributed by atoms with van der Waals surface area (Å²) in [6.45, 7) is 3.12. The van der Waals surface area contributed by atoms with Crippen molar-refractivity contribution < 1.29 is 0 Å². The van der Waals surface area contributed by atoms with E-state index in [9.17, 15) is 0 Å². The molecule has 2 heteroatoms. The fraction of sp³-hybridized carbons (Fsp3) is 1.00. The molecule has 0 bridgehead atoms. The smallest absolute Gasteiger partial charge is 0.00555 e. The monoisotopic (exact) mass is 217 g/mol. The van der Waals surface area contributed by atoms with Gasteiger partial charge in [0.25, 0.3) is 0 Å². The second-order valence-electron chi connectivity index (χ2n) is 3.88. The summed E-state index contributed by atoms with van der Waals surface area (Å²) in [5.74, 6) is 2.60. The van der Waals surface area contributed by atoms with E-state index in [4.69, 9.17) is 5.73 Å². The van der Waals surface area contributed by atoms with Gasteiger partial charge in [0.1, 0.15) is 0 Å². The van der Waals surface area contributed by atoms with Crippen LogP contribution in [0.5, 0.6) is 0 Å². The predicted molar refractivity (Wildman–Crippen MR) is 69.0 cm³/mol. The topological polar surface area (TPSA) is 26.0 Å². The van der Waals surface area contributed by atoms with Crippen molar-refractivity contribution >= 4 is 11.8 Å². The van der Waals surface area contributed by atoms with Crippen molar-refractivity contribution in [2.24, 2.45) is 5.73 Å². The Hall–Kier alpha value is 0.310. The Balaban J connectivity index is 2.78. The summed E-state index contributed by atoms with van der Waals surface area (Å²) in [4.78, 5) is 0. The molecule has 0 amide bonds. The molecule has 0 atom stereocenters. The lowest BCUT2D eigenvalue weighted by Crippen LogP contribution is -1.99. The average Bonchev–Trinajstić information content (AvgIpc) is 2.21. The van der Waals surface area contributed by atoms with Crippen molar-refractivity contribution in [2.45, 2.75) is 58.3 Å². The first-order valence-electron chi connectivity index (χ1n) is 6.19. The Kier molecular flexibility index (Phi) is 13.6. The van der Waals surface area contributed by atoms with Crippen molar-refractivity contribution in [3.8, 4) is 0 Å². The van der Waals surface area contributed by atoms with E-state index >= 15 is 0 Å². The molecule has 0 spiro atoms. The zero-order valence-corrected chi connectivity index (χ0v) is 10.6. The molecule has 14 heavy (non-hydrogen) atoms. The normalized spacial score (nSPS) is 10.7. The van der Waals surface area contributed by atoms with Gasteiger partial charge in [-0.1, -0.05) is 45.4 Å². The van der Waals surface area contributed by atoms with Gasteiger partial charge in [-0.25, -0.2) is 0 Å². The Morgan fingerprint density at radius 3 is 2.00 bits per heavy atom. The molecular weight excluding hydrogens is 190 g/mol. The highest BCUT2D eigenvalue weighted by Gasteiger charge is 1.91. The molecule has 0 saturated carbocycles. The molecule has 86 valence electrons. The quantitative estimate of drug-likeness (QED) is 0.532. The van der Waals surface area contributed by atoms with E-state index in [-0.39, 0.29) is 0 Å². The zero-order chi connectivity index (χ0) is 10.5. The Labute approximate surface area is 94.2 Å². The summed E-state index contributed by atoms with van der Waals surface area (Å²) < 4.78 is 0. The van der Waals surface area contributed by atoms with Crippen LogP contribution >= 0.6 is 11.8 Å². The second-order valence-corrected chi connectivity index (χ2v) is 5.10. The molecular formula is C12H27NS. The largest absolute Gasteiger partial charge is 0.330 e. The summed E-state index contributed by atoms with van der Waals surface area (Å²) in [7, 11) is 0. The fourth-order valence-electron chi connectivity index (χ4n) is 1.45. The fourth-order valence-corrected chi connectivity index (χ4v) is 2.43. The molecule has 1 nitrogen and oxygen atoms in total. The third kappa shape index (κ3) is 12.3. The van der Waals surface area contributed by atoms with Gasteiger partial charge in [0, 0.05) is 0 Å². The van der Waals surface area contributed by atoms with Crippen LogP contribution in [0.15, 0.2) is 0 Å². The van der Waals surface area contributed by atoms with Crippen LogP contribution < -0.4 is 5.73 Å². The molecule has 0 radical (unpaired) electrons. The van der Waals surface area contributed by atoms with Crippen LogP contribution in [0.25, 0.3) is 0 Å². The van der Waals surface area contributed by atoms with E-state index in [0.717, 1.165) is 6.54 Å². The van der Waals surface area contributed by atoms with Crippen molar-refractivity contribution in [1.82, 2.24) is 0 Å². The number of unbranched alkanes of at least 4 members (excludes halogenated alkanes) is 6. The number of hydrogen-bond acceptors (Lipinski definition) is 2. The van der Waals surface area contributed by atoms with Crippen LogP contribution in [0, 0.1) is 0 Å². The van der Waals surface area contributed by atoms with Crippen LogP contribution in [0.1, 0.15) is 58.3 Å². The summed E-state index contributed by atoms with van der Waals surface area (Å²) >= 11 is 2.07. The summed E-state index contributed by atoms with van der Waals surface area (Å²) in [6, 6.07) is 0. The van der Waals surface area contributed by atoms with Crippen LogP contribution in [0.2, 0.25) is 0 Å². The van der Waals surface area contributed by atoms with E-state index in [0.29, 0.717) is 0 Å². The lowest BCUT2D eigenvalue weighted by Gasteiger charge is -2.01. The van der Waals surface area contributed by atoms with E-state index in [1.54, 1.807) is 0 Å². The zero-order valence-electron chi connectivity index (χ0n) is 9.76. The predicted octanol–water partition coefficient (Wildman–Crippen LogP) is 3.82.